The van der Waals surface area contributed by atoms with Crippen molar-refractivity contribution < 1.29 is 9.84 Å². The third kappa shape index (κ3) is 2.88. The van der Waals surface area contributed by atoms with Gasteiger partial charge in [-0.15, -0.1) is 0 Å². The average Bonchev–Trinajstić information content (AvgIpc) is 3.09. The fourth-order valence-corrected chi connectivity index (χ4v) is 1.88. The standard InChI is InChI=1S/C12H16ClNO2/c1-16-9-4-5-10(11(13)6-9)12(15)7-14-8-2-3-8/h4-6,8,12,14-15H,2-3,7H2,1H3. The minimum atomic E-state index is -0.556. The van der Waals surface area contributed by atoms with Crippen molar-refractivity contribution in [1.82, 2.24) is 5.32 Å². The first kappa shape index (κ1) is 11.7. The molecule has 1 saturated carbocycles. The Balaban J connectivity index is 2.00. The van der Waals surface area contributed by atoms with Crippen molar-refractivity contribution in [2.24, 2.45) is 0 Å². The third-order valence-electron chi connectivity index (χ3n) is 2.74. The maximum absolute atomic E-state index is 9.95. The lowest BCUT2D eigenvalue weighted by atomic mass is 10.1. The van der Waals surface area contributed by atoms with Crippen molar-refractivity contribution >= 4 is 11.6 Å². The molecule has 4 heteroatoms. The molecule has 1 aromatic carbocycles. The Morgan fingerprint density at radius 2 is 2.31 bits per heavy atom. The summed E-state index contributed by atoms with van der Waals surface area (Å²) < 4.78 is 5.06. The molecule has 0 aromatic heterocycles. The lowest BCUT2D eigenvalue weighted by Gasteiger charge is -2.14. The van der Waals surface area contributed by atoms with Crippen LogP contribution in [-0.2, 0) is 0 Å². The Bertz CT molecular complexity index is 366. The molecule has 1 aliphatic carbocycles. The van der Waals surface area contributed by atoms with Crippen LogP contribution in [0.4, 0.5) is 0 Å². The van der Waals surface area contributed by atoms with Gasteiger partial charge < -0.3 is 15.2 Å². The number of hydrogen-bond acceptors (Lipinski definition) is 3. The Morgan fingerprint density at radius 3 is 2.88 bits per heavy atom. The van der Waals surface area contributed by atoms with Gasteiger partial charge in [0.15, 0.2) is 0 Å². The Kier molecular flexibility index (Phi) is 3.69. The average molecular weight is 242 g/mol. The summed E-state index contributed by atoms with van der Waals surface area (Å²) >= 11 is 6.07. The molecule has 1 fully saturated rings. The molecule has 3 nitrogen and oxygen atoms in total. The van der Waals surface area contributed by atoms with E-state index in [2.05, 4.69) is 5.32 Å². The second-order valence-corrected chi connectivity index (χ2v) is 4.49. The molecular weight excluding hydrogens is 226 g/mol. The third-order valence-corrected chi connectivity index (χ3v) is 3.07. The number of rotatable bonds is 5. The van der Waals surface area contributed by atoms with Gasteiger partial charge in [0.2, 0.25) is 0 Å². The van der Waals surface area contributed by atoms with E-state index < -0.39 is 6.10 Å². The maximum Gasteiger partial charge on any atom is 0.120 e. The number of methoxy groups -OCH3 is 1. The van der Waals surface area contributed by atoms with Gasteiger partial charge in [0.05, 0.1) is 18.2 Å². The Hall–Kier alpha value is -0.770. The molecule has 0 spiro atoms. The highest BCUT2D eigenvalue weighted by atomic mass is 35.5. The van der Waals surface area contributed by atoms with Gasteiger partial charge in [-0.25, -0.2) is 0 Å². The first-order valence-electron chi connectivity index (χ1n) is 5.45. The molecule has 1 atom stereocenters. The molecule has 0 saturated heterocycles. The van der Waals surface area contributed by atoms with Crippen molar-refractivity contribution in [3.63, 3.8) is 0 Å². The number of hydrogen-bond donors (Lipinski definition) is 2. The molecule has 1 unspecified atom stereocenters. The maximum atomic E-state index is 9.95. The van der Waals surface area contributed by atoms with Crippen molar-refractivity contribution in [3.05, 3.63) is 28.8 Å². The van der Waals surface area contributed by atoms with Crippen molar-refractivity contribution in [2.45, 2.75) is 25.0 Å². The van der Waals surface area contributed by atoms with Gasteiger partial charge in [-0.1, -0.05) is 17.7 Å². The number of halogens is 1. The SMILES string of the molecule is COc1ccc(C(O)CNC2CC2)c(Cl)c1. The van der Waals surface area contributed by atoms with E-state index >= 15 is 0 Å². The topological polar surface area (TPSA) is 41.5 Å². The summed E-state index contributed by atoms with van der Waals surface area (Å²) in [5.41, 5.74) is 0.746. The Morgan fingerprint density at radius 1 is 1.56 bits per heavy atom. The van der Waals surface area contributed by atoms with E-state index in [0.717, 1.165) is 5.56 Å². The van der Waals surface area contributed by atoms with Crippen LogP contribution in [0.25, 0.3) is 0 Å². The number of aliphatic hydroxyl groups excluding tert-OH is 1. The van der Waals surface area contributed by atoms with Crippen LogP contribution in [-0.4, -0.2) is 24.8 Å². The summed E-state index contributed by atoms with van der Waals surface area (Å²) in [6.07, 6.45) is 1.87. The minimum absolute atomic E-state index is 0.546. The molecule has 0 aliphatic heterocycles. The lowest BCUT2D eigenvalue weighted by molar-refractivity contribution is 0.174. The van der Waals surface area contributed by atoms with Gasteiger partial charge in [-0.2, -0.15) is 0 Å². The monoisotopic (exact) mass is 241 g/mol. The van der Waals surface area contributed by atoms with E-state index in [1.165, 1.54) is 12.8 Å². The summed E-state index contributed by atoms with van der Waals surface area (Å²) in [7, 11) is 1.59. The summed E-state index contributed by atoms with van der Waals surface area (Å²) in [5, 5.41) is 13.8. The number of benzene rings is 1. The fraction of sp³-hybridized carbons (Fsp3) is 0.500. The largest absolute Gasteiger partial charge is 0.497 e. The zero-order valence-corrected chi connectivity index (χ0v) is 10.00. The molecule has 0 bridgehead atoms. The highest BCUT2D eigenvalue weighted by Crippen LogP contribution is 2.27. The first-order valence-corrected chi connectivity index (χ1v) is 5.83. The van der Waals surface area contributed by atoms with Crippen LogP contribution in [0.15, 0.2) is 18.2 Å². The summed E-state index contributed by atoms with van der Waals surface area (Å²) in [5.74, 6) is 0.705. The number of nitrogens with one attached hydrogen (secondary N) is 1. The van der Waals surface area contributed by atoms with Gasteiger partial charge in [0.25, 0.3) is 0 Å². The van der Waals surface area contributed by atoms with Crippen molar-refractivity contribution in [1.29, 1.82) is 0 Å². The van der Waals surface area contributed by atoms with E-state index in [0.29, 0.717) is 23.4 Å². The van der Waals surface area contributed by atoms with Crippen LogP contribution in [0, 0.1) is 0 Å². The quantitative estimate of drug-likeness (QED) is 0.830. The van der Waals surface area contributed by atoms with Gasteiger partial charge >= 0.3 is 0 Å². The summed E-state index contributed by atoms with van der Waals surface area (Å²) in [6, 6.07) is 5.92. The molecule has 0 amide bonds. The second kappa shape index (κ2) is 5.04. The van der Waals surface area contributed by atoms with Crippen LogP contribution in [0.1, 0.15) is 24.5 Å². The van der Waals surface area contributed by atoms with E-state index in [4.69, 9.17) is 16.3 Å². The smallest absolute Gasteiger partial charge is 0.120 e. The van der Waals surface area contributed by atoms with E-state index in [-0.39, 0.29) is 0 Å². The summed E-state index contributed by atoms with van der Waals surface area (Å²) in [4.78, 5) is 0. The van der Waals surface area contributed by atoms with Gasteiger partial charge in [0, 0.05) is 18.2 Å². The van der Waals surface area contributed by atoms with Crippen LogP contribution < -0.4 is 10.1 Å². The second-order valence-electron chi connectivity index (χ2n) is 4.09. The highest BCUT2D eigenvalue weighted by Gasteiger charge is 2.22. The highest BCUT2D eigenvalue weighted by molar-refractivity contribution is 6.31. The normalized spacial score (nSPS) is 17.2. The van der Waals surface area contributed by atoms with Gasteiger partial charge in [-0.3, -0.25) is 0 Å². The predicted molar refractivity (Wildman–Crippen MR) is 64.0 cm³/mol. The fourth-order valence-electron chi connectivity index (χ4n) is 1.58. The first-order chi connectivity index (χ1) is 7.70. The zero-order chi connectivity index (χ0) is 11.5. The molecule has 1 aromatic rings. The van der Waals surface area contributed by atoms with Crippen LogP contribution in [0.2, 0.25) is 5.02 Å². The molecular formula is C12H16ClNO2. The number of aliphatic hydroxyl groups is 1. The van der Waals surface area contributed by atoms with E-state index in [9.17, 15) is 5.11 Å². The minimum Gasteiger partial charge on any atom is -0.497 e. The Labute approximate surface area is 100 Å². The zero-order valence-electron chi connectivity index (χ0n) is 9.24. The molecule has 0 radical (unpaired) electrons. The molecule has 1 aliphatic rings. The van der Waals surface area contributed by atoms with Crippen LogP contribution in [0.5, 0.6) is 5.75 Å². The molecule has 88 valence electrons. The molecule has 16 heavy (non-hydrogen) atoms. The molecule has 0 heterocycles. The van der Waals surface area contributed by atoms with Gasteiger partial charge in [0.1, 0.15) is 5.75 Å². The van der Waals surface area contributed by atoms with E-state index in [1.54, 1.807) is 19.2 Å². The molecule has 2 N–H and O–H groups in total. The molecule has 2 rings (SSSR count). The van der Waals surface area contributed by atoms with Crippen molar-refractivity contribution in [3.8, 4) is 5.75 Å². The van der Waals surface area contributed by atoms with Gasteiger partial charge in [-0.05, 0) is 25.0 Å². The number of ether oxygens (including phenoxy) is 1. The lowest BCUT2D eigenvalue weighted by Crippen LogP contribution is -2.23. The van der Waals surface area contributed by atoms with Crippen LogP contribution >= 0.6 is 11.6 Å². The predicted octanol–water partition coefficient (Wildman–Crippen LogP) is 2.13. The van der Waals surface area contributed by atoms with E-state index in [1.807, 2.05) is 6.07 Å². The summed E-state index contributed by atoms with van der Waals surface area (Å²) in [6.45, 7) is 0.552. The van der Waals surface area contributed by atoms with Crippen LogP contribution in [0.3, 0.4) is 0 Å². The van der Waals surface area contributed by atoms with Crippen molar-refractivity contribution in [2.75, 3.05) is 13.7 Å².